The summed E-state index contributed by atoms with van der Waals surface area (Å²) >= 11 is 0. The first-order valence-corrected chi connectivity index (χ1v) is 6.76. The number of hydrogen-bond donors (Lipinski definition) is 2. The second kappa shape index (κ2) is 5.13. The van der Waals surface area contributed by atoms with Gasteiger partial charge in [-0.25, -0.2) is 0 Å². The Morgan fingerprint density at radius 3 is 2.85 bits per heavy atom. The van der Waals surface area contributed by atoms with Gasteiger partial charge in [0.25, 0.3) is 5.91 Å². The highest BCUT2D eigenvalue weighted by molar-refractivity contribution is 5.93. The van der Waals surface area contributed by atoms with Crippen LogP contribution in [0.2, 0.25) is 0 Å². The Labute approximate surface area is 117 Å². The molecule has 0 bridgehead atoms. The van der Waals surface area contributed by atoms with Crippen LogP contribution >= 0.6 is 0 Å². The molecule has 3 rings (SSSR count). The molecule has 2 N–H and O–H groups in total. The molecular formula is C16H17NO3. The van der Waals surface area contributed by atoms with E-state index in [1.807, 2.05) is 18.2 Å². The van der Waals surface area contributed by atoms with Gasteiger partial charge in [-0.15, -0.1) is 0 Å². The first-order chi connectivity index (χ1) is 9.66. The fourth-order valence-electron chi connectivity index (χ4n) is 2.68. The fourth-order valence-corrected chi connectivity index (χ4v) is 2.68. The number of carbonyl (C=O) groups excluding carboxylic acids is 1. The average molecular weight is 271 g/mol. The van der Waals surface area contributed by atoms with E-state index in [1.54, 1.807) is 6.07 Å². The van der Waals surface area contributed by atoms with E-state index in [0.717, 1.165) is 6.42 Å². The minimum absolute atomic E-state index is 0.217. The van der Waals surface area contributed by atoms with Crippen molar-refractivity contribution in [3.8, 4) is 0 Å². The lowest BCUT2D eigenvalue weighted by molar-refractivity contribution is 0.0260. The third-order valence-corrected chi connectivity index (χ3v) is 3.86. The van der Waals surface area contributed by atoms with Crippen molar-refractivity contribution in [3.05, 3.63) is 59.5 Å². The van der Waals surface area contributed by atoms with Gasteiger partial charge in [0.15, 0.2) is 0 Å². The van der Waals surface area contributed by atoms with Crippen LogP contribution in [0.5, 0.6) is 0 Å². The predicted octanol–water partition coefficient (Wildman–Crippen LogP) is 1.93. The van der Waals surface area contributed by atoms with Crippen LogP contribution in [0.1, 0.15) is 27.9 Å². The highest BCUT2D eigenvalue weighted by Gasteiger charge is 2.32. The van der Waals surface area contributed by atoms with Gasteiger partial charge in [0.1, 0.15) is 6.26 Å². The van der Waals surface area contributed by atoms with E-state index in [2.05, 4.69) is 11.4 Å². The van der Waals surface area contributed by atoms with Crippen LogP contribution in [0, 0.1) is 0 Å². The van der Waals surface area contributed by atoms with Crippen LogP contribution in [0.25, 0.3) is 0 Å². The Kier molecular flexibility index (Phi) is 3.32. The fraction of sp³-hybridized carbons (Fsp3) is 0.312. The first-order valence-electron chi connectivity index (χ1n) is 6.76. The Morgan fingerprint density at radius 2 is 2.10 bits per heavy atom. The zero-order valence-electron chi connectivity index (χ0n) is 11.1. The smallest absolute Gasteiger partial charge is 0.254 e. The van der Waals surface area contributed by atoms with E-state index in [0.29, 0.717) is 18.4 Å². The Hall–Kier alpha value is -2.07. The number of fused-ring (bicyclic) bond motifs is 1. The van der Waals surface area contributed by atoms with Crippen molar-refractivity contribution in [1.82, 2.24) is 5.32 Å². The van der Waals surface area contributed by atoms with Crippen LogP contribution in [-0.2, 0) is 12.8 Å². The molecule has 4 heteroatoms. The van der Waals surface area contributed by atoms with Gasteiger partial charge >= 0.3 is 0 Å². The first kappa shape index (κ1) is 12.9. The maximum atomic E-state index is 11.9. The van der Waals surface area contributed by atoms with Gasteiger partial charge in [0.2, 0.25) is 0 Å². The van der Waals surface area contributed by atoms with E-state index < -0.39 is 5.60 Å². The number of benzene rings is 1. The highest BCUT2D eigenvalue weighted by atomic mass is 16.3. The Balaban J connectivity index is 1.65. The topological polar surface area (TPSA) is 62.5 Å². The molecule has 1 amide bonds. The molecular weight excluding hydrogens is 254 g/mol. The molecule has 1 heterocycles. The summed E-state index contributed by atoms with van der Waals surface area (Å²) in [6.07, 6.45) is 4.94. The third kappa shape index (κ3) is 2.60. The highest BCUT2D eigenvalue weighted by Crippen LogP contribution is 2.28. The Morgan fingerprint density at radius 1 is 1.30 bits per heavy atom. The maximum Gasteiger partial charge on any atom is 0.254 e. The number of hydrogen-bond acceptors (Lipinski definition) is 3. The molecule has 0 radical (unpaired) electrons. The molecule has 0 unspecified atom stereocenters. The van der Waals surface area contributed by atoms with Crippen molar-refractivity contribution in [1.29, 1.82) is 0 Å². The van der Waals surface area contributed by atoms with Gasteiger partial charge in [-0.1, -0.05) is 24.3 Å². The number of rotatable bonds is 3. The number of aliphatic hydroxyl groups is 1. The summed E-state index contributed by atoms with van der Waals surface area (Å²) in [5, 5.41) is 13.4. The standard InChI is InChI=1S/C16H17NO3/c18-15(14-6-8-20-10-14)17-11-16(19)7-5-12-3-1-2-4-13(12)9-16/h1-4,6,8,10,19H,5,7,9,11H2,(H,17,18)/t16-/m1/s1. The summed E-state index contributed by atoms with van der Waals surface area (Å²) in [6, 6.07) is 9.74. The zero-order chi connectivity index (χ0) is 14.0. The van der Waals surface area contributed by atoms with Crippen molar-refractivity contribution >= 4 is 5.91 Å². The Bertz CT molecular complexity index is 606. The monoisotopic (exact) mass is 271 g/mol. The molecule has 20 heavy (non-hydrogen) atoms. The average Bonchev–Trinajstić information content (AvgIpc) is 2.99. The van der Waals surface area contributed by atoms with Crippen LogP contribution in [-0.4, -0.2) is 23.2 Å². The number of carbonyl (C=O) groups is 1. The minimum atomic E-state index is -0.867. The molecule has 0 fully saturated rings. The maximum absolute atomic E-state index is 11.9. The molecule has 0 aliphatic heterocycles. The molecule has 1 aliphatic carbocycles. The quantitative estimate of drug-likeness (QED) is 0.896. The lowest BCUT2D eigenvalue weighted by Crippen LogP contribution is -2.46. The van der Waals surface area contributed by atoms with Gasteiger partial charge in [-0.2, -0.15) is 0 Å². The van der Waals surface area contributed by atoms with Crippen LogP contribution in [0.3, 0.4) is 0 Å². The molecule has 1 aromatic heterocycles. The zero-order valence-corrected chi connectivity index (χ0v) is 11.1. The summed E-state index contributed by atoms with van der Waals surface area (Å²) < 4.78 is 4.88. The second-order valence-corrected chi connectivity index (χ2v) is 5.36. The van der Waals surface area contributed by atoms with Crippen molar-refractivity contribution in [2.24, 2.45) is 0 Å². The van der Waals surface area contributed by atoms with Crippen molar-refractivity contribution in [2.45, 2.75) is 24.9 Å². The number of nitrogens with one attached hydrogen (secondary N) is 1. The van der Waals surface area contributed by atoms with Crippen LogP contribution in [0.4, 0.5) is 0 Å². The number of furan rings is 1. The summed E-state index contributed by atoms with van der Waals surface area (Å²) in [7, 11) is 0. The van der Waals surface area contributed by atoms with Gasteiger partial charge in [-0.3, -0.25) is 4.79 Å². The van der Waals surface area contributed by atoms with Crippen molar-refractivity contribution < 1.29 is 14.3 Å². The molecule has 2 aromatic rings. The second-order valence-electron chi connectivity index (χ2n) is 5.36. The molecule has 1 aromatic carbocycles. The molecule has 1 atom stereocenters. The van der Waals surface area contributed by atoms with Gasteiger partial charge in [0, 0.05) is 13.0 Å². The van der Waals surface area contributed by atoms with E-state index in [-0.39, 0.29) is 12.5 Å². The molecule has 0 saturated heterocycles. The van der Waals surface area contributed by atoms with Crippen LogP contribution < -0.4 is 5.32 Å². The van der Waals surface area contributed by atoms with Crippen LogP contribution in [0.15, 0.2) is 47.3 Å². The lowest BCUT2D eigenvalue weighted by atomic mass is 9.80. The summed E-state index contributed by atoms with van der Waals surface area (Å²) in [4.78, 5) is 11.9. The predicted molar refractivity (Wildman–Crippen MR) is 74.5 cm³/mol. The third-order valence-electron chi connectivity index (χ3n) is 3.86. The summed E-state index contributed by atoms with van der Waals surface area (Å²) in [5.41, 5.74) is 2.07. The van der Waals surface area contributed by atoms with Gasteiger partial charge < -0.3 is 14.8 Å². The van der Waals surface area contributed by atoms with E-state index in [9.17, 15) is 9.90 Å². The van der Waals surface area contributed by atoms with Gasteiger partial charge in [0.05, 0.1) is 17.4 Å². The molecule has 0 saturated carbocycles. The molecule has 4 nitrogen and oxygen atoms in total. The van der Waals surface area contributed by atoms with E-state index in [1.165, 1.54) is 23.7 Å². The molecule has 1 aliphatic rings. The summed E-state index contributed by atoms with van der Waals surface area (Å²) in [6.45, 7) is 0.255. The van der Waals surface area contributed by atoms with Crippen molar-refractivity contribution in [2.75, 3.05) is 6.54 Å². The SMILES string of the molecule is O=C(NC[C@@]1(O)CCc2ccccc2C1)c1ccoc1. The number of amides is 1. The normalized spacial score (nSPS) is 21.2. The summed E-state index contributed by atoms with van der Waals surface area (Å²) in [5.74, 6) is -0.217. The van der Waals surface area contributed by atoms with E-state index in [4.69, 9.17) is 4.42 Å². The largest absolute Gasteiger partial charge is 0.472 e. The lowest BCUT2D eigenvalue weighted by Gasteiger charge is -2.33. The van der Waals surface area contributed by atoms with E-state index >= 15 is 0 Å². The molecule has 0 spiro atoms. The van der Waals surface area contributed by atoms with Gasteiger partial charge in [-0.05, 0) is 30.0 Å². The van der Waals surface area contributed by atoms with Crippen molar-refractivity contribution in [3.63, 3.8) is 0 Å². The molecule has 104 valence electrons. The number of aryl methyl sites for hydroxylation is 1. The minimum Gasteiger partial charge on any atom is -0.472 e.